The van der Waals surface area contributed by atoms with Gasteiger partial charge in [-0.3, -0.25) is 10.1 Å². The van der Waals surface area contributed by atoms with E-state index in [0.717, 1.165) is 27.7 Å². The highest BCUT2D eigenvalue weighted by Crippen LogP contribution is 2.33. The number of aromatic nitrogens is 3. The number of halogens is 1. The predicted octanol–water partition coefficient (Wildman–Crippen LogP) is 4.00. The highest BCUT2D eigenvalue weighted by atomic mass is 32.1. The van der Waals surface area contributed by atoms with Gasteiger partial charge < -0.3 is 0 Å². The molecule has 2 aromatic heterocycles. The van der Waals surface area contributed by atoms with Gasteiger partial charge in [-0.25, -0.2) is 9.37 Å². The van der Waals surface area contributed by atoms with Crippen molar-refractivity contribution in [3.8, 4) is 10.4 Å². The zero-order valence-corrected chi connectivity index (χ0v) is 14.1. The average Bonchev–Trinajstić information content (AvgIpc) is 3.13. The molecule has 0 unspecified atom stereocenters. The summed E-state index contributed by atoms with van der Waals surface area (Å²) in [4.78, 5) is 18.0. The number of hydrogen-bond acceptors (Lipinski definition) is 6. The molecule has 0 aliphatic carbocycles. The van der Waals surface area contributed by atoms with E-state index in [1.165, 1.54) is 11.3 Å². The van der Waals surface area contributed by atoms with Crippen LogP contribution in [0.5, 0.6) is 0 Å². The molecule has 0 atom stereocenters. The summed E-state index contributed by atoms with van der Waals surface area (Å²) in [6, 6.07) is 7.25. The topological polar surface area (TPSA) is 67.8 Å². The second-order valence-electron chi connectivity index (χ2n) is 4.91. The van der Waals surface area contributed by atoms with Crippen LogP contribution in [0.1, 0.15) is 26.6 Å². The van der Waals surface area contributed by atoms with Gasteiger partial charge in [-0.1, -0.05) is 34.0 Å². The summed E-state index contributed by atoms with van der Waals surface area (Å²) in [6.45, 7) is 3.09. The molecule has 0 saturated carbocycles. The maximum Gasteiger partial charge on any atom is 0.271 e. The zero-order valence-electron chi connectivity index (χ0n) is 12.5. The van der Waals surface area contributed by atoms with Crippen LogP contribution in [0.4, 0.5) is 9.52 Å². The first kappa shape index (κ1) is 15.7. The molecule has 3 rings (SSSR count). The second kappa shape index (κ2) is 6.51. The Hall–Kier alpha value is -2.19. The highest BCUT2D eigenvalue weighted by molar-refractivity contribution is 7.19. The van der Waals surface area contributed by atoms with Crippen molar-refractivity contribution in [1.29, 1.82) is 0 Å². The van der Waals surface area contributed by atoms with E-state index in [-0.39, 0.29) is 5.91 Å². The molecule has 3 aromatic rings. The van der Waals surface area contributed by atoms with Crippen molar-refractivity contribution in [2.24, 2.45) is 0 Å². The lowest BCUT2D eigenvalue weighted by atomic mass is 10.1. The molecular weight excluding hydrogens is 335 g/mol. The summed E-state index contributed by atoms with van der Waals surface area (Å²) in [5.41, 5.74) is 2.90. The number of benzene rings is 1. The van der Waals surface area contributed by atoms with Crippen LogP contribution in [0.2, 0.25) is 0 Å². The first-order chi connectivity index (χ1) is 11.1. The molecule has 0 saturated heterocycles. The van der Waals surface area contributed by atoms with Gasteiger partial charge in [-0.05, 0) is 42.6 Å². The molecular formula is C15H13FN4OS2. The first-order valence-corrected chi connectivity index (χ1v) is 8.40. The summed E-state index contributed by atoms with van der Waals surface area (Å²) >= 11 is 2.41. The molecule has 0 bridgehead atoms. The molecule has 5 nitrogen and oxygen atoms in total. The molecule has 8 heteroatoms. The van der Waals surface area contributed by atoms with E-state index in [9.17, 15) is 9.18 Å². The molecule has 1 aromatic carbocycles. The Bertz CT molecular complexity index is 859. The smallest absolute Gasteiger partial charge is 0.271 e. The lowest BCUT2D eigenvalue weighted by Gasteiger charge is -2.00. The number of alkyl halides is 1. The van der Waals surface area contributed by atoms with E-state index in [0.29, 0.717) is 21.3 Å². The van der Waals surface area contributed by atoms with Gasteiger partial charge in [0.1, 0.15) is 11.6 Å². The molecule has 0 radical (unpaired) electrons. The summed E-state index contributed by atoms with van der Waals surface area (Å²) in [6.07, 6.45) is 0. The fraction of sp³-hybridized carbons (Fsp3) is 0.200. The van der Waals surface area contributed by atoms with Gasteiger partial charge in [0.15, 0.2) is 5.13 Å². The maximum absolute atomic E-state index is 12.8. The number of hydrogen-bond donors (Lipinski definition) is 1. The van der Waals surface area contributed by atoms with E-state index in [4.69, 9.17) is 0 Å². The summed E-state index contributed by atoms with van der Waals surface area (Å²) < 4.78 is 16.6. The van der Waals surface area contributed by atoms with E-state index < -0.39 is 6.67 Å². The molecule has 1 amide bonds. The Morgan fingerprint density at radius 3 is 2.83 bits per heavy atom. The Morgan fingerprint density at radius 2 is 2.13 bits per heavy atom. The Labute approximate surface area is 140 Å². The second-order valence-corrected chi connectivity index (χ2v) is 6.66. The third kappa shape index (κ3) is 3.27. The van der Waals surface area contributed by atoms with Crippen LogP contribution in [0.3, 0.4) is 0 Å². The molecule has 1 N–H and O–H groups in total. The largest absolute Gasteiger partial charge is 0.297 e. The molecule has 2 heterocycles. The maximum atomic E-state index is 12.8. The average molecular weight is 348 g/mol. The number of thiazole rings is 1. The van der Waals surface area contributed by atoms with Crippen molar-refractivity contribution in [3.05, 3.63) is 46.1 Å². The predicted molar refractivity (Wildman–Crippen MR) is 89.7 cm³/mol. The molecule has 0 spiro atoms. The lowest BCUT2D eigenvalue weighted by Crippen LogP contribution is -2.11. The van der Waals surface area contributed by atoms with Gasteiger partial charge in [0.25, 0.3) is 5.91 Å². The quantitative estimate of drug-likeness (QED) is 0.774. The van der Waals surface area contributed by atoms with Crippen molar-refractivity contribution < 1.29 is 9.18 Å². The van der Waals surface area contributed by atoms with Crippen LogP contribution in [0, 0.1) is 13.8 Å². The van der Waals surface area contributed by atoms with Crippen LogP contribution >= 0.6 is 22.9 Å². The third-order valence-corrected chi connectivity index (χ3v) is 5.17. The SMILES string of the molecule is Cc1nnsc1C(=O)Nc1nc(C)c(-c2cccc(CF)c2)s1. The van der Waals surface area contributed by atoms with Gasteiger partial charge in [0, 0.05) is 0 Å². The van der Waals surface area contributed by atoms with Crippen molar-refractivity contribution in [2.75, 3.05) is 5.32 Å². The van der Waals surface area contributed by atoms with E-state index in [1.807, 2.05) is 19.1 Å². The Kier molecular flexibility index (Phi) is 4.44. The van der Waals surface area contributed by atoms with Crippen molar-refractivity contribution in [2.45, 2.75) is 20.5 Å². The van der Waals surface area contributed by atoms with Crippen LogP contribution in [0.15, 0.2) is 24.3 Å². The minimum atomic E-state index is -0.507. The van der Waals surface area contributed by atoms with E-state index in [1.54, 1.807) is 19.1 Å². The number of nitrogens with one attached hydrogen (secondary N) is 1. The van der Waals surface area contributed by atoms with Gasteiger partial charge in [0.2, 0.25) is 0 Å². The van der Waals surface area contributed by atoms with Gasteiger partial charge in [0.05, 0.1) is 16.3 Å². The number of amides is 1. The number of carbonyl (C=O) groups excluding carboxylic acids is 1. The van der Waals surface area contributed by atoms with Crippen LogP contribution in [0.25, 0.3) is 10.4 Å². The van der Waals surface area contributed by atoms with Crippen molar-refractivity contribution >= 4 is 33.9 Å². The van der Waals surface area contributed by atoms with Gasteiger partial charge >= 0.3 is 0 Å². The lowest BCUT2D eigenvalue weighted by molar-refractivity contribution is 0.103. The van der Waals surface area contributed by atoms with Gasteiger partial charge in [-0.15, -0.1) is 5.10 Å². The van der Waals surface area contributed by atoms with Crippen molar-refractivity contribution in [1.82, 2.24) is 14.6 Å². The Morgan fingerprint density at radius 1 is 1.30 bits per heavy atom. The van der Waals surface area contributed by atoms with E-state index >= 15 is 0 Å². The summed E-state index contributed by atoms with van der Waals surface area (Å²) in [5.74, 6) is -0.268. The first-order valence-electron chi connectivity index (χ1n) is 6.81. The van der Waals surface area contributed by atoms with Gasteiger partial charge in [-0.2, -0.15) is 0 Å². The third-order valence-electron chi connectivity index (χ3n) is 3.22. The molecule has 118 valence electrons. The fourth-order valence-electron chi connectivity index (χ4n) is 2.11. The molecule has 0 aliphatic heterocycles. The van der Waals surface area contributed by atoms with Crippen LogP contribution < -0.4 is 5.32 Å². The number of anilines is 1. The number of nitrogens with zero attached hydrogens (tertiary/aromatic N) is 3. The molecule has 0 aliphatic rings. The van der Waals surface area contributed by atoms with Crippen molar-refractivity contribution in [3.63, 3.8) is 0 Å². The zero-order chi connectivity index (χ0) is 16.4. The minimum absolute atomic E-state index is 0.268. The normalized spacial score (nSPS) is 10.7. The number of carbonyl (C=O) groups is 1. The molecule has 23 heavy (non-hydrogen) atoms. The van der Waals surface area contributed by atoms with E-state index in [2.05, 4.69) is 19.9 Å². The standard InChI is InChI=1S/C15H13FN4OS2/c1-8-12(11-5-3-4-10(6-11)7-16)22-15(17-8)18-14(21)13-9(2)19-20-23-13/h3-6H,7H2,1-2H3,(H,17,18,21). The monoisotopic (exact) mass is 348 g/mol. The molecule has 0 fully saturated rings. The fourth-order valence-corrected chi connectivity index (χ4v) is 3.62. The minimum Gasteiger partial charge on any atom is -0.297 e. The van der Waals surface area contributed by atoms with Crippen LogP contribution in [-0.4, -0.2) is 20.5 Å². The van der Waals surface area contributed by atoms with Crippen LogP contribution in [-0.2, 0) is 6.67 Å². The number of aryl methyl sites for hydroxylation is 2. The summed E-state index contributed by atoms with van der Waals surface area (Å²) in [5, 5.41) is 7.09. The summed E-state index contributed by atoms with van der Waals surface area (Å²) in [7, 11) is 0. The number of rotatable bonds is 4. The Balaban J connectivity index is 1.86. The highest BCUT2D eigenvalue weighted by Gasteiger charge is 2.17.